The van der Waals surface area contributed by atoms with Gasteiger partial charge in [-0.1, -0.05) is 13.3 Å². The van der Waals surface area contributed by atoms with Gasteiger partial charge in [0.25, 0.3) is 0 Å². The molecule has 0 saturated carbocycles. The van der Waals surface area contributed by atoms with E-state index in [0.29, 0.717) is 6.54 Å². The second-order valence-corrected chi connectivity index (χ2v) is 4.82. The minimum absolute atomic E-state index is 0.309. The summed E-state index contributed by atoms with van der Waals surface area (Å²) in [5.74, 6) is 0. The van der Waals surface area contributed by atoms with Crippen molar-refractivity contribution in [3.05, 3.63) is 21.9 Å². The van der Waals surface area contributed by atoms with Crippen LogP contribution in [-0.2, 0) is 16.8 Å². The van der Waals surface area contributed by atoms with Crippen molar-refractivity contribution in [3.63, 3.8) is 0 Å². The average molecular weight is 213 g/mol. The summed E-state index contributed by atoms with van der Waals surface area (Å²) in [7, 11) is 1.71. The molecule has 2 N–H and O–H groups in total. The lowest BCUT2D eigenvalue weighted by atomic mass is 10.1. The summed E-state index contributed by atoms with van der Waals surface area (Å²) in [6.07, 6.45) is 2.33. The van der Waals surface area contributed by atoms with Crippen LogP contribution in [0.3, 0.4) is 0 Å². The monoisotopic (exact) mass is 213 g/mol. The first-order valence-corrected chi connectivity index (χ1v) is 5.82. The van der Waals surface area contributed by atoms with E-state index in [-0.39, 0.29) is 5.60 Å². The van der Waals surface area contributed by atoms with Crippen LogP contribution in [0.25, 0.3) is 0 Å². The molecule has 3 heteroatoms. The molecule has 0 aliphatic rings. The topological polar surface area (TPSA) is 35.2 Å². The Kier molecular flexibility index (Phi) is 4.11. The Morgan fingerprint density at radius 3 is 2.71 bits per heavy atom. The van der Waals surface area contributed by atoms with Gasteiger partial charge in [0.15, 0.2) is 0 Å². The Bertz CT molecular complexity index is 279. The molecule has 1 aromatic rings. The Labute approximate surface area is 90.1 Å². The Morgan fingerprint density at radius 2 is 2.21 bits per heavy atom. The van der Waals surface area contributed by atoms with Crippen LogP contribution in [0, 0.1) is 0 Å². The summed E-state index contributed by atoms with van der Waals surface area (Å²) >= 11 is 1.81. The van der Waals surface area contributed by atoms with Crippen molar-refractivity contribution < 1.29 is 4.74 Å². The van der Waals surface area contributed by atoms with E-state index < -0.39 is 0 Å². The van der Waals surface area contributed by atoms with Crippen molar-refractivity contribution in [2.24, 2.45) is 5.73 Å². The van der Waals surface area contributed by atoms with E-state index in [1.54, 1.807) is 7.11 Å². The van der Waals surface area contributed by atoms with Crippen molar-refractivity contribution in [2.75, 3.05) is 13.7 Å². The van der Waals surface area contributed by atoms with Gasteiger partial charge in [0.1, 0.15) is 5.60 Å². The molecule has 1 aromatic heterocycles. The lowest BCUT2D eigenvalue weighted by Crippen LogP contribution is -2.32. The highest BCUT2D eigenvalue weighted by molar-refractivity contribution is 7.12. The van der Waals surface area contributed by atoms with Crippen LogP contribution in [0.2, 0.25) is 0 Å². The molecule has 0 aliphatic carbocycles. The summed E-state index contributed by atoms with van der Waals surface area (Å²) in [6.45, 7) is 4.75. The van der Waals surface area contributed by atoms with Crippen LogP contribution >= 0.6 is 11.3 Å². The van der Waals surface area contributed by atoms with Gasteiger partial charge in [-0.25, -0.2) is 0 Å². The Morgan fingerprint density at radius 1 is 1.50 bits per heavy atom. The third-order valence-corrected chi connectivity index (χ3v) is 3.91. The molecule has 0 spiro atoms. The van der Waals surface area contributed by atoms with E-state index in [1.807, 2.05) is 18.3 Å². The third-order valence-electron chi connectivity index (χ3n) is 2.52. The Balaban J connectivity index is 2.84. The second-order valence-electron chi connectivity index (χ2n) is 3.66. The smallest absolute Gasteiger partial charge is 0.111 e. The lowest BCUT2D eigenvalue weighted by Gasteiger charge is -2.24. The molecular weight excluding hydrogens is 194 g/mol. The molecule has 0 amide bonds. The highest BCUT2D eigenvalue weighted by Crippen LogP contribution is 2.30. The van der Waals surface area contributed by atoms with Crippen molar-refractivity contribution in [2.45, 2.75) is 32.3 Å². The molecule has 0 bridgehead atoms. The number of rotatable bonds is 5. The minimum Gasteiger partial charge on any atom is -0.372 e. The molecular formula is C11H19NOS. The van der Waals surface area contributed by atoms with Crippen LogP contribution < -0.4 is 5.73 Å². The molecule has 1 rings (SSSR count). The van der Waals surface area contributed by atoms with Gasteiger partial charge in [-0.15, -0.1) is 11.3 Å². The zero-order valence-electron chi connectivity index (χ0n) is 9.17. The largest absolute Gasteiger partial charge is 0.372 e. The summed E-state index contributed by atoms with van der Waals surface area (Å²) in [6, 6.07) is 4.31. The fourth-order valence-electron chi connectivity index (χ4n) is 1.33. The molecule has 80 valence electrons. The lowest BCUT2D eigenvalue weighted by molar-refractivity contribution is 0.0132. The number of hydrogen-bond acceptors (Lipinski definition) is 3. The van der Waals surface area contributed by atoms with Gasteiger partial charge < -0.3 is 10.5 Å². The van der Waals surface area contributed by atoms with Crippen molar-refractivity contribution in [1.82, 2.24) is 0 Å². The molecule has 0 fully saturated rings. The minimum atomic E-state index is -0.309. The van der Waals surface area contributed by atoms with E-state index in [1.165, 1.54) is 16.2 Å². The summed E-state index contributed by atoms with van der Waals surface area (Å²) in [5, 5.41) is 0. The van der Waals surface area contributed by atoms with E-state index >= 15 is 0 Å². The Hall–Kier alpha value is -0.380. The summed E-state index contributed by atoms with van der Waals surface area (Å²) in [4.78, 5) is 2.64. The molecule has 1 unspecified atom stereocenters. The predicted octanol–water partition coefficient (Wildman–Crippen LogP) is 2.52. The maximum absolute atomic E-state index is 5.71. The molecule has 0 radical (unpaired) electrons. The van der Waals surface area contributed by atoms with Gasteiger partial charge in [-0.05, 0) is 25.5 Å². The van der Waals surface area contributed by atoms with Gasteiger partial charge in [0, 0.05) is 23.4 Å². The number of hydrogen-bond donors (Lipinski definition) is 1. The molecule has 0 saturated heterocycles. The number of aryl methyl sites for hydroxylation is 1. The fourth-order valence-corrected chi connectivity index (χ4v) is 2.57. The first-order chi connectivity index (χ1) is 6.66. The normalized spacial score (nSPS) is 15.4. The van der Waals surface area contributed by atoms with Crippen molar-refractivity contribution in [3.8, 4) is 0 Å². The highest BCUT2D eigenvalue weighted by Gasteiger charge is 2.25. The number of nitrogens with two attached hydrogens (primary N) is 1. The van der Waals surface area contributed by atoms with Crippen LogP contribution in [-0.4, -0.2) is 13.7 Å². The molecule has 1 atom stereocenters. The SMILES string of the molecule is CCCc1ccc(C(C)(CN)OC)s1. The second kappa shape index (κ2) is 4.91. The maximum Gasteiger partial charge on any atom is 0.111 e. The van der Waals surface area contributed by atoms with Crippen LogP contribution in [0.4, 0.5) is 0 Å². The first-order valence-electron chi connectivity index (χ1n) is 5.00. The van der Waals surface area contributed by atoms with Crippen LogP contribution in [0.5, 0.6) is 0 Å². The van der Waals surface area contributed by atoms with E-state index in [0.717, 1.165) is 6.42 Å². The van der Waals surface area contributed by atoms with Crippen molar-refractivity contribution >= 4 is 11.3 Å². The van der Waals surface area contributed by atoms with Crippen molar-refractivity contribution in [1.29, 1.82) is 0 Å². The molecule has 2 nitrogen and oxygen atoms in total. The van der Waals surface area contributed by atoms with Gasteiger partial charge >= 0.3 is 0 Å². The zero-order chi connectivity index (χ0) is 10.6. The molecule has 14 heavy (non-hydrogen) atoms. The molecule has 1 heterocycles. The average Bonchev–Trinajstić information content (AvgIpc) is 2.66. The van der Waals surface area contributed by atoms with Gasteiger partial charge in [-0.2, -0.15) is 0 Å². The van der Waals surface area contributed by atoms with Crippen LogP contribution in [0.15, 0.2) is 12.1 Å². The standard InChI is InChI=1S/C11H19NOS/c1-4-5-9-6-7-10(14-9)11(2,8-12)13-3/h6-7H,4-5,8,12H2,1-3H3. The predicted molar refractivity (Wildman–Crippen MR) is 61.7 cm³/mol. The summed E-state index contributed by atoms with van der Waals surface area (Å²) < 4.78 is 5.45. The molecule has 0 aliphatic heterocycles. The fraction of sp³-hybridized carbons (Fsp3) is 0.636. The molecule has 0 aromatic carbocycles. The first kappa shape index (κ1) is 11.7. The van der Waals surface area contributed by atoms with E-state index in [2.05, 4.69) is 19.1 Å². The summed E-state index contributed by atoms with van der Waals surface area (Å²) in [5.41, 5.74) is 5.41. The zero-order valence-corrected chi connectivity index (χ0v) is 9.99. The van der Waals surface area contributed by atoms with E-state index in [4.69, 9.17) is 10.5 Å². The van der Waals surface area contributed by atoms with Gasteiger partial charge in [0.2, 0.25) is 0 Å². The highest BCUT2D eigenvalue weighted by atomic mass is 32.1. The third kappa shape index (κ3) is 2.35. The van der Waals surface area contributed by atoms with Crippen LogP contribution in [0.1, 0.15) is 30.0 Å². The number of ether oxygens (including phenoxy) is 1. The maximum atomic E-state index is 5.71. The number of methoxy groups -OCH3 is 1. The quantitative estimate of drug-likeness (QED) is 0.815. The van der Waals surface area contributed by atoms with Gasteiger partial charge in [0.05, 0.1) is 0 Å². The number of thiophene rings is 1. The van der Waals surface area contributed by atoms with Gasteiger partial charge in [-0.3, -0.25) is 0 Å². The van der Waals surface area contributed by atoms with E-state index in [9.17, 15) is 0 Å².